The van der Waals surface area contributed by atoms with Crippen LogP contribution in [0.15, 0.2) is 18.5 Å². The lowest BCUT2D eigenvalue weighted by Gasteiger charge is -2.35. The van der Waals surface area contributed by atoms with Crippen molar-refractivity contribution < 1.29 is 14.7 Å². The minimum Gasteiger partial charge on any atom is -0.479 e. The highest BCUT2D eigenvalue weighted by atomic mass is 16.4. The average molecular weight is 265 g/mol. The van der Waals surface area contributed by atoms with E-state index in [1.165, 1.54) is 4.90 Å². The van der Waals surface area contributed by atoms with Crippen molar-refractivity contribution in [3.8, 4) is 0 Å². The molecule has 1 aliphatic rings. The molecular formula is C13H19N3O3. The van der Waals surface area contributed by atoms with Crippen molar-refractivity contribution in [3.63, 3.8) is 0 Å². The van der Waals surface area contributed by atoms with Crippen molar-refractivity contribution in [2.75, 3.05) is 6.54 Å². The van der Waals surface area contributed by atoms with E-state index in [1.54, 1.807) is 30.1 Å². The number of amides is 1. The lowest BCUT2D eigenvalue weighted by Crippen LogP contribution is -2.54. The van der Waals surface area contributed by atoms with Crippen molar-refractivity contribution in [2.24, 2.45) is 0 Å². The van der Waals surface area contributed by atoms with Crippen LogP contribution in [0, 0.1) is 0 Å². The SMILES string of the molecule is CCC1(C(=O)O)CCCN1C(=O)C(C)n1cccn1. The Morgan fingerprint density at radius 2 is 2.26 bits per heavy atom. The summed E-state index contributed by atoms with van der Waals surface area (Å²) in [6, 6.07) is 1.27. The molecule has 0 bridgehead atoms. The fraction of sp³-hybridized carbons (Fsp3) is 0.615. The molecule has 104 valence electrons. The third kappa shape index (κ3) is 2.11. The van der Waals surface area contributed by atoms with Gasteiger partial charge in [0.05, 0.1) is 0 Å². The summed E-state index contributed by atoms with van der Waals surface area (Å²) >= 11 is 0. The maximum Gasteiger partial charge on any atom is 0.329 e. The summed E-state index contributed by atoms with van der Waals surface area (Å²) in [5.41, 5.74) is -1.04. The lowest BCUT2D eigenvalue weighted by atomic mass is 9.92. The van der Waals surface area contributed by atoms with Gasteiger partial charge < -0.3 is 10.0 Å². The first-order chi connectivity index (χ1) is 9.03. The van der Waals surface area contributed by atoms with Gasteiger partial charge in [0, 0.05) is 18.9 Å². The highest BCUT2D eigenvalue weighted by Gasteiger charge is 2.49. The van der Waals surface area contributed by atoms with Crippen molar-refractivity contribution >= 4 is 11.9 Å². The molecule has 1 aromatic heterocycles. The Bertz CT molecular complexity index is 471. The van der Waals surface area contributed by atoms with Gasteiger partial charge in [-0.05, 0) is 32.3 Å². The maximum atomic E-state index is 12.5. The second kappa shape index (κ2) is 5.03. The van der Waals surface area contributed by atoms with Crippen LogP contribution < -0.4 is 0 Å². The molecule has 0 radical (unpaired) electrons. The third-order valence-electron chi connectivity index (χ3n) is 4.02. The molecule has 1 saturated heterocycles. The van der Waals surface area contributed by atoms with E-state index >= 15 is 0 Å². The quantitative estimate of drug-likeness (QED) is 0.890. The zero-order valence-corrected chi connectivity index (χ0v) is 11.2. The first-order valence-corrected chi connectivity index (χ1v) is 6.57. The van der Waals surface area contributed by atoms with Gasteiger partial charge in [0.15, 0.2) is 0 Å². The highest BCUT2D eigenvalue weighted by Crippen LogP contribution is 2.34. The van der Waals surface area contributed by atoms with Gasteiger partial charge in [0.25, 0.3) is 0 Å². The Labute approximate surface area is 112 Å². The van der Waals surface area contributed by atoms with Crippen molar-refractivity contribution in [1.82, 2.24) is 14.7 Å². The van der Waals surface area contributed by atoms with Crippen LogP contribution in [0.4, 0.5) is 0 Å². The molecule has 2 rings (SSSR count). The molecular weight excluding hydrogens is 246 g/mol. The Hall–Kier alpha value is -1.85. The summed E-state index contributed by atoms with van der Waals surface area (Å²) in [6.45, 7) is 4.07. The summed E-state index contributed by atoms with van der Waals surface area (Å²) in [4.78, 5) is 25.6. The van der Waals surface area contributed by atoms with Crippen molar-refractivity contribution in [2.45, 2.75) is 44.7 Å². The number of nitrogens with zero attached hydrogens (tertiary/aromatic N) is 3. The van der Waals surface area contributed by atoms with E-state index in [0.717, 1.165) is 6.42 Å². The zero-order chi connectivity index (χ0) is 14.0. The Morgan fingerprint density at radius 3 is 2.79 bits per heavy atom. The van der Waals surface area contributed by atoms with Gasteiger partial charge in [-0.25, -0.2) is 4.79 Å². The van der Waals surface area contributed by atoms with Crippen molar-refractivity contribution in [3.05, 3.63) is 18.5 Å². The molecule has 6 nitrogen and oxygen atoms in total. The molecule has 1 fully saturated rings. The molecule has 1 aromatic rings. The number of hydrogen-bond acceptors (Lipinski definition) is 3. The fourth-order valence-electron chi connectivity index (χ4n) is 2.79. The molecule has 2 unspecified atom stereocenters. The highest BCUT2D eigenvalue weighted by molar-refractivity contribution is 5.89. The molecule has 2 heterocycles. The van der Waals surface area contributed by atoms with E-state index in [-0.39, 0.29) is 5.91 Å². The minimum atomic E-state index is -1.04. The van der Waals surface area contributed by atoms with Crippen LogP contribution in [0.5, 0.6) is 0 Å². The molecule has 19 heavy (non-hydrogen) atoms. The standard InChI is InChI=1S/C13H19N3O3/c1-3-13(12(18)19)6-4-8-15(13)11(17)10(2)16-9-5-7-14-16/h5,7,9-10H,3-4,6,8H2,1-2H3,(H,18,19). The topological polar surface area (TPSA) is 75.4 Å². The summed E-state index contributed by atoms with van der Waals surface area (Å²) in [5.74, 6) is -1.08. The maximum absolute atomic E-state index is 12.5. The molecule has 2 atom stereocenters. The zero-order valence-electron chi connectivity index (χ0n) is 11.2. The number of carbonyl (C=O) groups excluding carboxylic acids is 1. The predicted octanol–water partition coefficient (Wildman–Crippen LogP) is 1.30. The molecule has 1 N–H and O–H groups in total. The second-order valence-corrected chi connectivity index (χ2v) is 4.95. The summed E-state index contributed by atoms with van der Waals surface area (Å²) < 4.78 is 1.56. The summed E-state index contributed by atoms with van der Waals surface area (Å²) in [5, 5.41) is 13.5. The third-order valence-corrected chi connectivity index (χ3v) is 4.02. The second-order valence-electron chi connectivity index (χ2n) is 4.95. The van der Waals surface area contributed by atoms with E-state index in [9.17, 15) is 14.7 Å². The number of carboxylic acids is 1. The predicted molar refractivity (Wildman–Crippen MR) is 68.5 cm³/mol. The number of rotatable bonds is 4. The smallest absolute Gasteiger partial charge is 0.329 e. The molecule has 6 heteroatoms. The van der Waals surface area contributed by atoms with Gasteiger partial charge in [0.2, 0.25) is 5.91 Å². The molecule has 1 aliphatic heterocycles. The minimum absolute atomic E-state index is 0.176. The van der Waals surface area contributed by atoms with Crippen molar-refractivity contribution in [1.29, 1.82) is 0 Å². The molecule has 0 saturated carbocycles. The Kier molecular flexibility index (Phi) is 3.59. The average Bonchev–Trinajstić information content (AvgIpc) is 3.06. The fourth-order valence-corrected chi connectivity index (χ4v) is 2.79. The first kappa shape index (κ1) is 13.6. The monoisotopic (exact) mass is 265 g/mol. The van der Waals surface area contributed by atoms with Crippen LogP contribution >= 0.6 is 0 Å². The number of likely N-dealkylation sites (tertiary alicyclic amines) is 1. The number of carbonyl (C=O) groups is 2. The summed E-state index contributed by atoms with van der Waals surface area (Å²) in [6.07, 6.45) is 5.01. The van der Waals surface area contributed by atoms with Gasteiger partial charge in [0.1, 0.15) is 11.6 Å². The summed E-state index contributed by atoms with van der Waals surface area (Å²) in [7, 11) is 0. The van der Waals surface area contributed by atoms with E-state index in [0.29, 0.717) is 19.4 Å². The number of aromatic nitrogens is 2. The van der Waals surface area contributed by atoms with Crippen LogP contribution in [0.3, 0.4) is 0 Å². The Morgan fingerprint density at radius 1 is 1.53 bits per heavy atom. The normalized spacial score (nSPS) is 24.4. The van der Waals surface area contributed by atoms with Gasteiger partial charge in [-0.1, -0.05) is 6.92 Å². The molecule has 0 aromatic carbocycles. The van der Waals surface area contributed by atoms with Crippen LogP contribution in [0.1, 0.15) is 39.2 Å². The van der Waals surface area contributed by atoms with Gasteiger partial charge in [-0.15, -0.1) is 0 Å². The number of aliphatic carboxylic acids is 1. The lowest BCUT2D eigenvalue weighted by molar-refractivity contribution is -0.158. The van der Waals surface area contributed by atoms with Gasteiger partial charge >= 0.3 is 5.97 Å². The van der Waals surface area contributed by atoms with Crippen LogP contribution in [0.2, 0.25) is 0 Å². The Balaban J connectivity index is 2.25. The van der Waals surface area contributed by atoms with Gasteiger partial charge in [-0.2, -0.15) is 5.10 Å². The van der Waals surface area contributed by atoms with Crippen LogP contribution in [0.25, 0.3) is 0 Å². The van der Waals surface area contributed by atoms with E-state index in [2.05, 4.69) is 5.10 Å². The van der Waals surface area contributed by atoms with E-state index in [1.807, 2.05) is 6.92 Å². The number of hydrogen-bond donors (Lipinski definition) is 1. The van der Waals surface area contributed by atoms with Crippen LogP contribution in [-0.4, -0.2) is 43.7 Å². The molecule has 1 amide bonds. The molecule has 0 spiro atoms. The van der Waals surface area contributed by atoms with E-state index in [4.69, 9.17) is 0 Å². The van der Waals surface area contributed by atoms with Gasteiger partial charge in [-0.3, -0.25) is 9.48 Å². The molecule has 0 aliphatic carbocycles. The largest absolute Gasteiger partial charge is 0.479 e. The van der Waals surface area contributed by atoms with Crippen LogP contribution in [-0.2, 0) is 9.59 Å². The van der Waals surface area contributed by atoms with E-state index < -0.39 is 17.6 Å². The first-order valence-electron chi connectivity index (χ1n) is 6.57. The number of carboxylic acid groups (broad SMARTS) is 1.